The zero-order valence-electron chi connectivity index (χ0n) is 10.5. The van der Waals surface area contributed by atoms with Crippen LogP contribution in [0.5, 0.6) is 5.88 Å². The lowest BCUT2D eigenvalue weighted by molar-refractivity contribution is -0.137. The molecule has 1 aromatic carbocycles. The number of aromatic hydroxyl groups is 1. The summed E-state index contributed by atoms with van der Waals surface area (Å²) in [6, 6.07) is 2.68. The first-order valence-electron chi connectivity index (χ1n) is 5.55. The smallest absolute Gasteiger partial charge is 0.417 e. The average molecular weight is 321 g/mol. The Balaban J connectivity index is 2.78. The molecule has 0 aliphatic heterocycles. The van der Waals surface area contributed by atoms with Gasteiger partial charge in [0.25, 0.3) is 5.56 Å². The molecule has 2 rings (SSSR count). The molecule has 2 aromatic rings. The van der Waals surface area contributed by atoms with Crippen LogP contribution < -0.4 is 11.2 Å². The van der Waals surface area contributed by atoms with E-state index in [1.165, 1.54) is 6.92 Å². The van der Waals surface area contributed by atoms with Crippen molar-refractivity contribution < 1.29 is 18.3 Å². The maximum Gasteiger partial charge on any atom is 0.417 e. The van der Waals surface area contributed by atoms with Crippen LogP contribution in [-0.2, 0) is 6.18 Å². The lowest BCUT2D eigenvalue weighted by atomic mass is 10.2. The summed E-state index contributed by atoms with van der Waals surface area (Å²) in [5, 5.41) is 9.26. The van der Waals surface area contributed by atoms with E-state index in [0.29, 0.717) is 10.6 Å². The largest absolute Gasteiger partial charge is 0.494 e. The Morgan fingerprint density at radius 2 is 1.90 bits per heavy atom. The summed E-state index contributed by atoms with van der Waals surface area (Å²) in [5.41, 5.74) is -3.50. The average Bonchev–Trinajstić information content (AvgIpc) is 2.36. The Kier molecular flexibility index (Phi) is 3.58. The highest BCUT2D eigenvalue weighted by molar-refractivity contribution is 6.31. The van der Waals surface area contributed by atoms with Gasteiger partial charge in [-0.25, -0.2) is 9.36 Å². The van der Waals surface area contributed by atoms with E-state index in [0.717, 1.165) is 12.1 Å². The van der Waals surface area contributed by atoms with Crippen LogP contribution >= 0.6 is 11.6 Å². The minimum atomic E-state index is -4.72. The molecule has 0 aliphatic carbocycles. The number of alkyl halides is 3. The Bertz CT molecular complexity index is 824. The highest BCUT2D eigenvalue weighted by atomic mass is 35.5. The van der Waals surface area contributed by atoms with Crippen molar-refractivity contribution in [2.45, 2.75) is 13.1 Å². The van der Waals surface area contributed by atoms with Gasteiger partial charge in [-0.1, -0.05) is 11.6 Å². The lowest BCUT2D eigenvalue weighted by Crippen LogP contribution is -2.30. The third kappa shape index (κ3) is 2.66. The third-order valence-electron chi connectivity index (χ3n) is 2.82. The number of H-pyrrole nitrogens is 1. The Morgan fingerprint density at radius 3 is 2.48 bits per heavy atom. The van der Waals surface area contributed by atoms with E-state index < -0.39 is 33.9 Å². The van der Waals surface area contributed by atoms with Crippen LogP contribution in [0.4, 0.5) is 13.2 Å². The van der Waals surface area contributed by atoms with Crippen LogP contribution in [-0.4, -0.2) is 14.7 Å². The standard InChI is InChI=1S/C12H8ClF3N2O3/c1-5-9(19)17-11(21)18(10(5)20)6-2-3-8(13)7(4-6)12(14,15)16/h2-4,20H,1H3,(H,17,19,21). The van der Waals surface area contributed by atoms with Gasteiger partial charge in [-0.15, -0.1) is 0 Å². The molecule has 0 bridgehead atoms. The first kappa shape index (κ1) is 15.2. The number of hydrogen-bond donors (Lipinski definition) is 2. The van der Waals surface area contributed by atoms with Crippen LogP contribution in [0.3, 0.4) is 0 Å². The van der Waals surface area contributed by atoms with Crippen LogP contribution in [0.25, 0.3) is 5.69 Å². The van der Waals surface area contributed by atoms with Crippen molar-refractivity contribution in [3.05, 3.63) is 55.2 Å². The highest BCUT2D eigenvalue weighted by Gasteiger charge is 2.33. The maximum absolute atomic E-state index is 12.8. The van der Waals surface area contributed by atoms with E-state index in [2.05, 4.69) is 0 Å². The van der Waals surface area contributed by atoms with E-state index in [-0.39, 0.29) is 11.3 Å². The molecule has 5 nitrogen and oxygen atoms in total. The fraction of sp³-hybridized carbons (Fsp3) is 0.167. The number of nitrogens with one attached hydrogen (secondary N) is 1. The van der Waals surface area contributed by atoms with Gasteiger partial charge in [-0.05, 0) is 25.1 Å². The summed E-state index contributed by atoms with van der Waals surface area (Å²) in [6.45, 7) is 1.23. The van der Waals surface area contributed by atoms with Crippen LogP contribution in [0.15, 0.2) is 27.8 Å². The van der Waals surface area contributed by atoms with Gasteiger partial charge in [0.05, 0.1) is 21.8 Å². The summed E-state index contributed by atoms with van der Waals surface area (Å²) in [6.07, 6.45) is -4.72. The number of nitrogens with zero attached hydrogens (tertiary/aromatic N) is 1. The van der Waals surface area contributed by atoms with Crippen molar-refractivity contribution in [3.63, 3.8) is 0 Å². The van der Waals surface area contributed by atoms with Gasteiger partial charge in [-0.3, -0.25) is 9.78 Å². The molecule has 0 fully saturated rings. The van der Waals surface area contributed by atoms with Gasteiger partial charge in [-0.2, -0.15) is 13.2 Å². The van der Waals surface area contributed by atoms with Gasteiger partial charge in [0.2, 0.25) is 5.88 Å². The number of benzene rings is 1. The first-order valence-corrected chi connectivity index (χ1v) is 5.92. The number of halogens is 4. The van der Waals surface area contributed by atoms with Crippen LogP contribution in [0.2, 0.25) is 5.02 Å². The number of aromatic amines is 1. The molecule has 0 spiro atoms. The topological polar surface area (TPSA) is 75.1 Å². The summed E-state index contributed by atoms with van der Waals surface area (Å²) in [5.74, 6) is -0.737. The normalized spacial score (nSPS) is 11.7. The second kappa shape index (κ2) is 4.96. The van der Waals surface area contributed by atoms with Crippen LogP contribution in [0, 0.1) is 6.92 Å². The molecular weight excluding hydrogens is 313 g/mol. The van der Waals surface area contributed by atoms with E-state index in [9.17, 15) is 27.9 Å². The molecule has 1 aromatic heterocycles. The van der Waals surface area contributed by atoms with Gasteiger partial charge >= 0.3 is 11.9 Å². The zero-order valence-corrected chi connectivity index (χ0v) is 11.2. The lowest BCUT2D eigenvalue weighted by Gasteiger charge is -2.13. The van der Waals surface area contributed by atoms with Crippen molar-refractivity contribution in [2.75, 3.05) is 0 Å². The van der Waals surface area contributed by atoms with Crippen molar-refractivity contribution in [2.24, 2.45) is 0 Å². The molecule has 21 heavy (non-hydrogen) atoms. The van der Waals surface area contributed by atoms with Crippen molar-refractivity contribution >= 4 is 11.6 Å². The van der Waals surface area contributed by atoms with Crippen LogP contribution in [0.1, 0.15) is 11.1 Å². The summed E-state index contributed by atoms with van der Waals surface area (Å²) in [4.78, 5) is 24.9. The minimum absolute atomic E-state index is 0.196. The number of aromatic nitrogens is 2. The Labute approximate surface area is 120 Å². The van der Waals surface area contributed by atoms with E-state index in [4.69, 9.17) is 11.6 Å². The Hall–Kier alpha value is -2.22. The molecule has 0 amide bonds. The summed E-state index contributed by atoms with van der Waals surface area (Å²) in [7, 11) is 0. The second-order valence-corrected chi connectivity index (χ2v) is 4.61. The van der Waals surface area contributed by atoms with Crippen molar-refractivity contribution in [3.8, 4) is 11.6 Å². The van der Waals surface area contributed by atoms with E-state index in [1.54, 1.807) is 0 Å². The Morgan fingerprint density at radius 1 is 1.29 bits per heavy atom. The monoisotopic (exact) mass is 320 g/mol. The number of hydrogen-bond acceptors (Lipinski definition) is 3. The molecule has 0 saturated carbocycles. The molecular formula is C12H8ClF3N2O3. The minimum Gasteiger partial charge on any atom is -0.494 e. The first-order chi connectivity index (χ1) is 9.62. The summed E-state index contributed by atoms with van der Waals surface area (Å²) >= 11 is 5.48. The quantitative estimate of drug-likeness (QED) is 0.846. The molecule has 0 unspecified atom stereocenters. The van der Waals surface area contributed by atoms with Gasteiger partial charge in [0.1, 0.15) is 0 Å². The molecule has 9 heteroatoms. The van der Waals surface area contributed by atoms with E-state index >= 15 is 0 Å². The SMILES string of the molecule is Cc1c(O)n(-c2ccc(Cl)c(C(F)(F)F)c2)c(=O)[nH]c1=O. The molecule has 0 atom stereocenters. The predicted octanol–water partition coefficient (Wildman–Crippen LogP) is 2.21. The zero-order chi connectivity index (χ0) is 15.9. The van der Waals surface area contributed by atoms with Gasteiger partial charge < -0.3 is 5.11 Å². The van der Waals surface area contributed by atoms with E-state index in [1.807, 2.05) is 4.98 Å². The van der Waals surface area contributed by atoms with Crippen molar-refractivity contribution in [1.82, 2.24) is 9.55 Å². The predicted molar refractivity (Wildman–Crippen MR) is 69.1 cm³/mol. The maximum atomic E-state index is 12.8. The third-order valence-corrected chi connectivity index (χ3v) is 3.15. The van der Waals surface area contributed by atoms with Crippen molar-refractivity contribution in [1.29, 1.82) is 0 Å². The fourth-order valence-electron chi connectivity index (χ4n) is 1.72. The van der Waals surface area contributed by atoms with Gasteiger partial charge in [0, 0.05) is 0 Å². The molecule has 0 saturated heterocycles. The molecule has 1 heterocycles. The molecule has 0 radical (unpaired) electrons. The molecule has 0 aliphatic rings. The molecule has 112 valence electrons. The van der Waals surface area contributed by atoms with Gasteiger partial charge in [0.15, 0.2) is 0 Å². The second-order valence-electron chi connectivity index (χ2n) is 4.21. The molecule has 2 N–H and O–H groups in total. The highest BCUT2D eigenvalue weighted by Crippen LogP contribution is 2.36. The fourth-order valence-corrected chi connectivity index (χ4v) is 1.95. The number of rotatable bonds is 1. The summed E-state index contributed by atoms with van der Waals surface area (Å²) < 4.78 is 38.9.